The van der Waals surface area contributed by atoms with Crippen LogP contribution in [0.5, 0.6) is 0 Å². The summed E-state index contributed by atoms with van der Waals surface area (Å²) in [5, 5.41) is 0.392. The molecule has 1 saturated carbocycles. The average molecular weight is 648 g/mol. The highest BCUT2D eigenvalue weighted by molar-refractivity contribution is 7.93. The molecule has 2 fully saturated rings. The van der Waals surface area contributed by atoms with Crippen LogP contribution in [0.15, 0.2) is 72.8 Å². The molecule has 228 valence electrons. The van der Waals surface area contributed by atoms with E-state index in [-0.39, 0.29) is 31.0 Å². The third-order valence-electron chi connectivity index (χ3n) is 7.98. The summed E-state index contributed by atoms with van der Waals surface area (Å²) in [6.45, 7) is 1.71. The van der Waals surface area contributed by atoms with Gasteiger partial charge in [-0.2, -0.15) is 0 Å². The van der Waals surface area contributed by atoms with Gasteiger partial charge < -0.3 is 14.4 Å². The number of hydrogen-bond donors (Lipinski definition) is 0. The Balaban J connectivity index is 1.64. The molecule has 1 amide bonds. The lowest BCUT2D eigenvalue weighted by Gasteiger charge is -2.49. The predicted octanol–water partition coefficient (Wildman–Crippen LogP) is 6.90. The molecule has 1 saturated heterocycles. The molecule has 11 heteroatoms. The number of morpholine rings is 1. The number of carbonyl (C=O) groups excluding carboxylic acids is 2. The first-order valence-corrected chi connectivity index (χ1v) is 16.6. The van der Waals surface area contributed by atoms with Crippen LogP contribution in [0.4, 0.5) is 10.1 Å². The number of amides is 1. The van der Waals surface area contributed by atoms with Gasteiger partial charge in [-0.1, -0.05) is 66.5 Å². The number of benzene rings is 3. The number of halogens is 3. The van der Waals surface area contributed by atoms with Crippen LogP contribution < -0.4 is 4.31 Å². The van der Waals surface area contributed by atoms with Crippen LogP contribution in [0.25, 0.3) is 0 Å². The van der Waals surface area contributed by atoms with E-state index in [4.69, 9.17) is 27.9 Å². The quantitative estimate of drug-likeness (QED) is 0.200. The van der Waals surface area contributed by atoms with Crippen molar-refractivity contribution in [1.29, 1.82) is 0 Å². The van der Waals surface area contributed by atoms with Gasteiger partial charge in [-0.05, 0) is 73.2 Å². The maximum absolute atomic E-state index is 15.2. The molecule has 0 spiro atoms. The Morgan fingerprint density at radius 2 is 1.74 bits per heavy atom. The minimum absolute atomic E-state index is 0.0551. The molecular formula is C32H33Cl2FN2O5S. The van der Waals surface area contributed by atoms with Crippen LogP contribution in [0.3, 0.4) is 0 Å². The molecule has 5 rings (SSSR count). The summed E-state index contributed by atoms with van der Waals surface area (Å²) in [6, 6.07) is 18.6. The topological polar surface area (TPSA) is 84.0 Å². The molecule has 1 aliphatic heterocycles. The highest BCUT2D eigenvalue weighted by Gasteiger charge is 2.48. The lowest BCUT2D eigenvalue weighted by atomic mass is 9.89. The smallest absolute Gasteiger partial charge is 0.252 e. The van der Waals surface area contributed by atoms with Gasteiger partial charge in [0, 0.05) is 16.5 Å². The van der Waals surface area contributed by atoms with Gasteiger partial charge in [-0.3, -0.25) is 9.10 Å². The van der Waals surface area contributed by atoms with Crippen LogP contribution in [0, 0.1) is 5.82 Å². The SMILES string of the molecule is CC[C@H](CN(c1ccccc1F)S(=O)(=O)C1CC1)N1C(=O)[C@@H](CCC=O)O[C@H](c2cccc(Cl)c2)[C@H]1c1ccc(Cl)cc1. The summed E-state index contributed by atoms with van der Waals surface area (Å²) in [5.74, 6) is -1.03. The number of hydrogen-bond acceptors (Lipinski definition) is 5. The number of ether oxygens (including phenoxy) is 1. The van der Waals surface area contributed by atoms with Crippen LogP contribution in [-0.4, -0.2) is 49.5 Å². The van der Waals surface area contributed by atoms with Gasteiger partial charge in [-0.25, -0.2) is 12.8 Å². The third kappa shape index (κ3) is 6.75. The Morgan fingerprint density at radius 3 is 2.37 bits per heavy atom. The fraction of sp³-hybridized carbons (Fsp3) is 0.375. The molecule has 0 bridgehead atoms. The molecule has 0 radical (unpaired) electrons. The number of para-hydroxylation sites is 1. The van der Waals surface area contributed by atoms with Crippen molar-refractivity contribution in [1.82, 2.24) is 4.90 Å². The zero-order valence-corrected chi connectivity index (χ0v) is 25.9. The number of carbonyl (C=O) groups is 2. The summed E-state index contributed by atoms with van der Waals surface area (Å²) < 4.78 is 50.2. The second-order valence-electron chi connectivity index (χ2n) is 10.9. The van der Waals surface area contributed by atoms with Crippen LogP contribution >= 0.6 is 23.2 Å². The summed E-state index contributed by atoms with van der Waals surface area (Å²) in [4.78, 5) is 27.3. The average Bonchev–Trinajstić information content (AvgIpc) is 3.85. The molecule has 0 N–H and O–H groups in total. The van der Waals surface area contributed by atoms with E-state index in [0.717, 1.165) is 16.2 Å². The molecular weight excluding hydrogens is 614 g/mol. The van der Waals surface area contributed by atoms with Gasteiger partial charge in [0.15, 0.2) is 0 Å². The lowest BCUT2D eigenvalue weighted by molar-refractivity contribution is -0.180. The predicted molar refractivity (Wildman–Crippen MR) is 165 cm³/mol. The standard InChI is InChI=1S/C32H33Cl2FN2O5S/c1-2-25(20-36(43(40,41)26-16-17-26)28-10-4-3-9-27(28)35)37-30(21-12-14-23(33)15-13-21)31(22-7-5-8-24(34)19-22)42-29(32(37)39)11-6-18-38/h3-5,7-10,12-15,18-19,25-26,29-31H,2,6,11,16-17,20H2,1H3/t25-,29-,30-,31-/m1/s1. The number of rotatable bonds is 12. The highest BCUT2D eigenvalue weighted by Crippen LogP contribution is 2.45. The fourth-order valence-electron chi connectivity index (χ4n) is 5.66. The molecule has 7 nitrogen and oxygen atoms in total. The number of nitrogens with zero attached hydrogens (tertiary/aromatic N) is 2. The van der Waals surface area contributed by atoms with E-state index >= 15 is 4.39 Å². The lowest BCUT2D eigenvalue weighted by Crippen LogP contribution is -2.57. The zero-order chi connectivity index (χ0) is 30.7. The third-order valence-corrected chi connectivity index (χ3v) is 10.7. The van der Waals surface area contributed by atoms with Crippen molar-refractivity contribution in [3.63, 3.8) is 0 Å². The molecule has 0 unspecified atom stereocenters. The highest BCUT2D eigenvalue weighted by atomic mass is 35.5. The normalized spacial score (nSPS) is 21.4. The van der Waals surface area contributed by atoms with Crippen molar-refractivity contribution < 1.29 is 27.1 Å². The minimum atomic E-state index is -3.91. The van der Waals surface area contributed by atoms with E-state index < -0.39 is 45.4 Å². The van der Waals surface area contributed by atoms with E-state index in [0.29, 0.717) is 34.9 Å². The van der Waals surface area contributed by atoms with Gasteiger partial charge in [0.2, 0.25) is 10.0 Å². The minimum Gasteiger partial charge on any atom is -0.358 e. The van der Waals surface area contributed by atoms with Crippen molar-refractivity contribution in [2.75, 3.05) is 10.8 Å². The summed E-state index contributed by atoms with van der Waals surface area (Å²) in [6.07, 6.45) is 0.684. The Bertz CT molecular complexity index is 1570. The Hall–Kier alpha value is -2.98. The second kappa shape index (κ2) is 13.3. The fourth-order valence-corrected chi connectivity index (χ4v) is 7.88. The summed E-state index contributed by atoms with van der Waals surface area (Å²) >= 11 is 12.6. The second-order valence-corrected chi connectivity index (χ2v) is 13.9. The zero-order valence-electron chi connectivity index (χ0n) is 23.6. The Labute approximate surface area is 261 Å². The number of sulfonamides is 1. The van der Waals surface area contributed by atoms with Gasteiger partial charge in [0.1, 0.15) is 24.3 Å². The monoisotopic (exact) mass is 646 g/mol. The first-order valence-electron chi connectivity index (χ1n) is 14.3. The maximum atomic E-state index is 15.2. The molecule has 1 heterocycles. The van der Waals surface area contributed by atoms with E-state index in [1.54, 1.807) is 41.3 Å². The van der Waals surface area contributed by atoms with Gasteiger partial charge in [-0.15, -0.1) is 0 Å². The first-order chi connectivity index (χ1) is 20.6. The summed E-state index contributed by atoms with van der Waals surface area (Å²) in [7, 11) is -3.91. The molecule has 3 aromatic carbocycles. The van der Waals surface area contributed by atoms with E-state index in [9.17, 15) is 18.0 Å². The summed E-state index contributed by atoms with van der Waals surface area (Å²) in [5.41, 5.74) is 1.38. The van der Waals surface area contributed by atoms with Crippen molar-refractivity contribution in [3.05, 3.63) is 99.8 Å². The number of aldehydes is 1. The van der Waals surface area contributed by atoms with E-state index in [1.165, 1.54) is 18.2 Å². The van der Waals surface area contributed by atoms with E-state index in [2.05, 4.69) is 0 Å². The molecule has 3 aromatic rings. The maximum Gasteiger partial charge on any atom is 0.252 e. The van der Waals surface area contributed by atoms with E-state index in [1.807, 2.05) is 25.1 Å². The van der Waals surface area contributed by atoms with Crippen molar-refractivity contribution >= 4 is 51.1 Å². The Kier molecular flexibility index (Phi) is 9.76. The first kappa shape index (κ1) is 31.4. The number of anilines is 1. The van der Waals surface area contributed by atoms with Crippen molar-refractivity contribution in [2.45, 2.75) is 68.6 Å². The molecule has 0 aromatic heterocycles. The van der Waals surface area contributed by atoms with Crippen LogP contribution in [0.1, 0.15) is 62.3 Å². The van der Waals surface area contributed by atoms with Gasteiger partial charge >= 0.3 is 0 Å². The van der Waals surface area contributed by atoms with Crippen molar-refractivity contribution in [3.8, 4) is 0 Å². The van der Waals surface area contributed by atoms with Crippen LogP contribution in [0.2, 0.25) is 10.0 Å². The largest absolute Gasteiger partial charge is 0.358 e. The Morgan fingerprint density at radius 1 is 1.02 bits per heavy atom. The van der Waals surface area contributed by atoms with Gasteiger partial charge in [0.05, 0.1) is 29.6 Å². The molecule has 2 aliphatic rings. The van der Waals surface area contributed by atoms with Crippen molar-refractivity contribution in [2.24, 2.45) is 0 Å². The van der Waals surface area contributed by atoms with Crippen LogP contribution in [-0.2, 0) is 24.3 Å². The molecule has 43 heavy (non-hydrogen) atoms. The molecule has 1 aliphatic carbocycles. The van der Waals surface area contributed by atoms with Gasteiger partial charge in [0.25, 0.3) is 5.91 Å². The molecule has 4 atom stereocenters.